The topological polar surface area (TPSA) is 72.9 Å². The zero-order valence-corrected chi connectivity index (χ0v) is 19.3. The van der Waals surface area contributed by atoms with Gasteiger partial charge in [-0.2, -0.15) is 0 Å². The maximum atomic E-state index is 12.3. The SMILES string of the molecule is Nc1ccccc1NC(=O)/C=C/c1ccc(-c2nc3ccccc3n2CCc2ccccc2)cc1. The molecule has 1 aromatic heterocycles. The number of amides is 1. The van der Waals surface area contributed by atoms with E-state index < -0.39 is 0 Å². The molecule has 0 spiro atoms. The Balaban J connectivity index is 1.35. The van der Waals surface area contributed by atoms with Crippen molar-refractivity contribution in [3.63, 3.8) is 0 Å². The van der Waals surface area contributed by atoms with Crippen molar-refractivity contribution in [3.8, 4) is 11.4 Å². The van der Waals surface area contributed by atoms with E-state index in [0.29, 0.717) is 11.4 Å². The van der Waals surface area contributed by atoms with Gasteiger partial charge in [0.1, 0.15) is 5.82 Å². The van der Waals surface area contributed by atoms with Gasteiger partial charge in [0.15, 0.2) is 0 Å². The molecule has 172 valence electrons. The minimum atomic E-state index is -0.227. The Bertz CT molecular complexity index is 1480. The van der Waals surface area contributed by atoms with Crippen molar-refractivity contribution in [2.45, 2.75) is 13.0 Å². The van der Waals surface area contributed by atoms with E-state index in [1.807, 2.05) is 54.6 Å². The Kier molecular flexibility index (Phi) is 6.39. The highest BCUT2D eigenvalue weighted by atomic mass is 16.1. The van der Waals surface area contributed by atoms with Crippen molar-refractivity contribution in [3.05, 3.63) is 120 Å². The van der Waals surface area contributed by atoms with Gasteiger partial charge in [0.05, 0.1) is 22.4 Å². The van der Waals surface area contributed by atoms with Gasteiger partial charge in [0, 0.05) is 18.2 Å². The van der Waals surface area contributed by atoms with Crippen LogP contribution in [0.2, 0.25) is 0 Å². The molecule has 0 radical (unpaired) electrons. The number of benzene rings is 4. The van der Waals surface area contributed by atoms with Crippen LogP contribution in [0.4, 0.5) is 11.4 Å². The van der Waals surface area contributed by atoms with E-state index in [-0.39, 0.29) is 5.91 Å². The molecule has 4 aromatic carbocycles. The number of nitrogens with one attached hydrogen (secondary N) is 1. The zero-order chi connectivity index (χ0) is 24.0. The summed E-state index contributed by atoms with van der Waals surface area (Å²) < 4.78 is 2.28. The van der Waals surface area contributed by atoms with Crippen molar-refractivity contribution in [2.75, 3.05) is 11.1 Å². The number of hydrogen-bond acceptors (Lipinski definition) is 3. The standard InChI is InChI=1S/C30H26N4O/c31-25-10-4-5-11-26(25)32-29(35)19-16-23-14-17-24(18-15-23)30-33-27-12-6-7-13-28(27)34(30)21-20-22-8-2-1-3-9-22/h1-19H,20-21,31H2,(H,32,35)/b19-16+. The van der Waals surface area contributed by atoms with E-state index in [1.54, 1.807) is 18.2 Å². The Labute approximate surface area is 204 Å². The Morgan fingerprint density at radius 1 is 0.857 bits per heavy atom. The lowest BCUT2D eigenvalue weighted by Gasteiger charge is -2.10. The van der Waals surface area contributed by atoms with Crippen molar-refractivity contribution in [1.82, 2.24) is 9.55 Å². The monoisotopic (exact) mass is 458 g/mol. The van der Waals surface area contributed by atoms with Crippen LogP contribution >= 0.6 is 0 Å². The second-order valence-corrected chi connectivity index (χ2v) is 8.34. The first-order valence-electron chi connectivity index (χ1n) is 11.6. The summed E-state index contributed by atoms with van der Waals surface area (Å²) in [5, 5.41) is 2.80. The molecule has 1 amide bonds. The van der Waals surface area contributed by atoms with Crippen molar-refractivity contribution in [2.24, 2.45) is 0 Å². The predicted molar refractivity (Wildman–Crippen MR) is 144 cm³/mol. The molecule has 5 heteroatoms. The largest absolute Gasteiger partial charge is 0.397 e. The van der Waals surface area contributed by atoms with E-state index in [4.69, 9.17) is 10.7 Å². The van der Waals surface area contributed by atoms with E-state index >= 15 is 0 Å². The third-order valence-corrected chi connectivity index (χ3v) is 5.94. The Morgan fingerprint density at radius 3 is 2.37 bits per heavy atom. The van der Waals surface area contributed by atoms with Crippen LogP contribution in [0.5, 0.6) is 0 Å². The first-order chi connectivity index (χ1) is 17.2. The van der Waals surface area contributed by atoms with Crippen LogP contribution in [0.1, 0.15) is 11.1 Å². The minimum absolute atomic E-state index is 0.227. The summed E-state index contributed by atoms with van der Waals surface area (Å²) in [5.74, 6) is 0.713. The van der Waals surface area contributed by atoms with Gasteiger partial charge in [-0.3, -0.25) is 4.79 Å². The number of nitrogens with zero attached hydrogens (tertiary/aromatic N) is 2. The first kappa shape index (κ1) is 22.2. The molecule has 0 bridgehead atoms. The Morgan fingerprint density at radius 2 is 1.57 bits per heavy atom. The summed E-state index contributed by atoms with van der Waals surface area (Å²) in [6.45, 7) is 0.838. The second-order valence-electron chi connectivity index (χ2n) is 8.34. The summed E-state index contributed by atoms with van der Waals surface area (Å²) in [7, 11) is 0. The van der Waals surface area contributed by atoms with Crippen molar-refractivity contribution < 1.29 is 4.79 Å². The molecule has 5 rings (SSSR count). The predicted octanol–water partition coefficient (Wildman–Crippen LogP) is 6.18. The third-order valence-electron chi connectivity index (χ3n) is 5.94. The first-order valence-corrected chi connectivity index (χ1v) is 11.6. The quantitative estimate of drug-likeness (QED) is 0.226. The van der Waals surface area contributed by atoms with Crippen LogP contribution in [0, 0.1) is 0 Å². The average molecular weight is 459 g/mol. The van der Waals surface area contributed by atoms with E-state index in [2.05, 4.69) is 46.3 Å². The molecule has 5 aromatic rings. The number of carbonyl (C=O) groups is 1. The lowest BCUT2D eigenvalue weighted by molar-refractivity contribution is -0.111. The molecule has 0 aliphatic rings. The fraction of sp³-hybridized carbons (Fsp3) is 0.0667. The fourth-order valence-corrected chi connectivity index (χ4v) is 4.11. The van der Waals surface area contributed by atoms with Crippen LogP contribution in [0.3, 0.4) is 0 Å². The highest BCUT2D eigenvalue weighted by molar-refractivity contribution is 6.03. The minimum Gasteiger partial charge on any atom is -0.397 e. The number of nitrogen functional groups attached to an aromatic ring is 1. The van der Waals surface area contributed by atoms with Gasteiger partial charge in [0.2, 0.25) is 5.91 Å². The number of nitrogens with two attached hydrogens (primary N) is 1. The van der Waals surface area contributed by atoms with Gasteiger partial charge in [0.25, 0.3) is 0 Å². The molecular weight excluding hydrogens is 432 g/mol. The third kappa shape index (κ3) is 5.14. The van der Waals surface area contributed by atoms with E-state index in [1.165, 1.54) is 11.6 Å². The highest BCUT2D eigenvalue weighted by Gasteiger charge is 2.12. The van der Waals surface area contributed by atoms with Gasteiger partial charge in [-0.25, -0.2) is 4.98 Å². The van der Waals surface area contributed by atoms with Crippen LogP contribution < -0.4 is 11.1 Å². The summed E-state index contributed by atoms with van der Waals surface area (Å²) in [5.41, 5.74) is 12.4. The average Bonchev–Trinajstić information content (AvgIpc) is 3.27. The molecular formula is C30H26N4O. The summed E-state index contributed by atoms with van der Waals surface area (Å²) in [4.78, 5) is 17.2. The van der Waals surface area contributed by atoms with Crippen LogP contribution in [0.25, 0.3) is 28.5 Å². The number of aromatic nitrogens is 2. The van der Waals surface area contributed by atoms with Gasteiger partial charge in [-0.1, -0.05) is 78.9 Å². The zero-order valence-electron chi connectivity index (χ0n) is 19.3. The summed E-state index contributed by atoms with van der Waals surface area (Å²) in [6, 6.07) is 34.0. The van der Waals surface area contributed by atoms with Crippen molar-refractivity contribution in [1.29, 1.82) is 0 Å². The smallest absolute Gasteiger partial charge is 0.248 e. The lowest BCUT2D eigenvalue weighted by atomic mass is 10.1. The van der Waals surface area contributed by atoms with E-state index in [9.17, 15) is 4.79 Å². The molecule has 3 N–H and O–H groups in total. The summed E-state index contributed by atoms with van der Waals surface area (Å²) >= 11 is 0. The second kappa shape index (κ2) is 10.1. The highest BCUT2D eigenvalue weighted by Crippen LogP contribution is 2.26. The summed E-state index contributed by atoms with van der Waals surface area (Å²) in [6.07, 6.45) is 4.23. The molecule has 0 fully saturated rings. The molecule has 0 saturated heterocycles. The maximum Gasteiger partial charge on any atom is 0.248 e. The number of para-hydroxylation sites is 4. The fourth-order valence-electron chi connectivity index (χ4n) is 4.11. The number of rotatable bonds is 7. The van der Waals surface area contributed by atoms with Gasteiger partial charge < -0.3 is 15.6 Å². The van der Waals surface area contributed by atoms with Gasteiger partial charge in [-0.15, -0.1) is 0 Å². The number of aryl methyl sites for hydroxylation is 2. The normalized spacial score (nSPS) is 11.2. The molecule has 1 heterocycles. The van der Waals surface area contributed by atoms with Gasteiger partial charge >= 0.3 is 0 Å². The molecule has 5 nitrogen and oxygen atoms in total. The molecule has 35 heavy (non-hydrogen) atoms. The van der Waals surface area contributed by atoms with Crippen LogP contribution in [0.15, 0.2) is 109 Å². The Hall–Kier alpha value is -4.64. The molecule has 0 unspecified atom stereocenters. The number of anilines is 2. The molecule has 0 atom stereocenters. The van der Waals surface area contributed by atoms with Crippen LogP contribution in [-0.2, 0) is 17.8 Å². The van der Waals surface area contributed by atoms with Crippen molar-refractivity contribution >= 4 is 34.4 Å². The maximum absolute atomic E-state index is 12.3. The molecule has 0 saturated carbocycles. The number of hydrogen-bond donors (Lipinski definition) is 2. The van der Waals surface area contributed by atoms with Crippen LogP contribution in [-0.4, -0.2) is 15.5 Å². The van der Waals surface area contributed by atoms with Gasteiger partial charge in [-0.05, 0) is 47.9 Å². The van der Waals surface area contributed by atoms with E-state index in [0.717, 1.165) is 41.0 Å². The molecule has 0 aliphatic heterocycles. The lowest BCUT2D eigenvalue weighted by Crippen LogP contribution is -2.09. The number of carbonyl (C=O) groups excluding carboxylic acids is 1. The number of imidazole rings is 1. The number of fused-ring (bicyclic) bond motifs is 1. The molecule has 0 aliphatic carbocycles.